The molecule has 0 radical (unpaired) electrons. The molecule has 45 heavy (non-hydrogen) atoms. The minimum atomic E-state index is -4.70. The lowest BCUT2D eigenvalue weighted by atomic mass is 10.1. The summed E-state index contributed by atoms with van der Waals surface area (Å²) in [6.07, 6.45) is -7.52. The Morgan fingerprint density at radius 3 is 2.33 bits per heavy atom. The minimum absolute atomic E-state index is 0.00187. The Morgan fingerprint density at radius 1 is 0.911 bits per heavy atom. The number of thioether (sulfide) groups is 1. The van der Waals surface area contributed by atoms with Gasteiger partial charge in [0.2, 0.25) is 5.91 Å². The quantitative estimate of drug-likeness (QED) is 0.0960. The molecule has 3 aromatic carbocycles. The molecule has 0 unspecified atom stereocenters. The van der Waals surface area contributed by atoms with E-state index in [1.54, 1.807) is 24.3 Å². The summed E-state index contributed by atoms with van der Waals surface area (Å²) < 4.78 is 87.3. The van der Waals surface area contributed by atoms with Gasteiger partial charge in [0.15, 0.2) is 11.0 Å². The highest BCUT2D eigenvalue weighted by molar-refractivity contribution is 7.99. The summed E-state index contributed by atoms with van der Waals surface area (Å²) in [5.74, 6) is -1.11. The van der Waals surface area contributed by atoms with Gasteiger partial charge in [0.1, 0.15) is 5.75 Å². The van der Waals surface area contributed by atoms with Crippen LogP contribution in [0.4, 0.5) is 32.0 Å². The highest BCUT2D eigenvalue weighted by atomic mass is 32.2. The molecule has 0 spiro atoms. The summed E-state index contributed by atoms with van der Waals surface area (Å²) in [5, 5.41) is 12.8. The van der Waals surface area contributed by atoms with E-state index in [0.717, 1.165) is 48.9 Å². The summed E-state index contributed by atoms with van der Waals surface area (Å²) in [7, 11) is 0. The normalized spacial score (nSPS) is 11.7. The van der Waals surface area contributed by atoms with Crippen LogP contribution in [0.1, 0.15) is 47.1 Å². The van der Waals surface area contributed by atoms with Gasteiger partial charge in [-0.05, 0) is 61.0 Å². The number of nitrogens with one attached hydrogen (secondary N) is 2. The van der Waals surface area contributed by atoms with E-state index in [-0.39, 0.29) is 23.2 Å². The fraction of sp³-hybridized carbons (Fsp3) is 0.267. The van der Waals surface area contributed by atoms with E-state index in [4.69, 9.17) is 4.74 Å². The maximum Gasteiger partial charge on any atom is 0.418 e. The van der Waals surface area contributed by atoms with Gasteiger partial charge in [-0.3, -0.25) is 14.2 Å². The van der Waals surface area contributed by atoms with Gasteiger partial charge in [-0.1, -0.05) is 43.3 Å². The number of para-hydroxylation sites is 1. The van der Waals surface area contributed by atoms with Crippen molar-refractivity contribution in [2.45, 2.75) is 43.8 Å². The molecule has 8 nitrogen and oxygen atoms in total. The molecule has 0 bridgehead atoms. The van der Waals surface area contributed by atoms with Gasteiger partial charge in [-0.2, -0.15) is 26.3 Å². The monoisotopic (exact) mass is 651 g/mol. The number of nitrogens with zero attached hydrogens (tertiary/aromatic N) is 3. The standard InChI is InChI=1S/C30H27F6N5O3S/c1-2-3-15-44-22-13-11-19(12-14-22)27(43)37-17-25-39-40-28(41(25)21-8-6-7-20(16-21)29(31,32)33)45-18-26(42)38-24-10-5-4-9-23(24)30(34,35)36/h4-14,16H,2-3,15,17-18H2,1H3,(H,37,43)(H,38,42). The van der Waals surface area contributed by atoms with E-state index in [0.29, 0.717) is 17.9 Å². The molecular weight excluding hydrogens is 624 g/mol. The van der Waals surface area contributed by atoms with Crippen LogP contribution < -0.4 is 15.4 Å². The van der Waals surface area contributed by atoms with Crippen LogP contribution >= 0.6 is 11.8 Å². The van der Waals surface area contributed by atoms with Gasteiger partial charge in [-0.25, -0.2) is 0 Å². The highest BCUT2D eigenvalue weighted by Gasteiger charge is 2.34. The van der Waals surface area contributed by atoms with Crippen molar-refractivity contribution in [3.8, 4) is 11.4 Å². The Balaban J connectivity index is 1.53. The van der Waals surface area contributed by atoms with Crippen molar-refractivity contribution in [2.75, 3.05) is 17.7 Å². The number of amides is 2. The Kier molecular flexibility index (Phi) is 10.8. The third-order valence-electron chi connectivity index (χ3n) is 6.26. The molecule has 0 aliphatic heterocycles. The molecule has 4 rings (SSSR count). The van der Waals surface area contributed by atoms with Crippen molar-refractivity contribution >= 4 is 29.3 Å². The number of benzene rings is 3. The maximum absolute atomic E-state index is 13.5. The van der Waals surface area contributed by atoms with Crippen LogP contribution in [-0.4, -0.2) is 38.9 Å². The molecule has 2 N–H and O–H groups in total. The summed E-state index contributed by atoms with van der Waals surface area (Å²) in [6.45, 7) is 2.32. The van der Waals surface area contributed by atoms with Crippen LogP contribution in [0.5, 0.6) is 5.75 Å². The second kappa shape index (κ2) is 14.5. The minimum Gasteiger partial charge on any atom is -0.494 e. The molecule has 238 valence electrons. The number of unbranched alkanes of at least 4 members (excludes halogenated alkanes) is 1. The van der Waals surface area contributed by atoms with Crippen LogP contribution in [0.25, 0.3) is 5.69 Å². The topological polar surface area (TPSA) is 98.1 Å². The Labute approximate surface area is 258 Å². The lowest BCUT2D eigenvalue weighted by molar-refractivity contribution is -0.138. The van der Waals surface area contributed by atoms with Crippen molar-refractivity contribution in [1.29, 1.82) is 0 Å². The third kappa shape index (κ3) is 9.00. The van der Waals surface area contributed by atoms with Gasteiger partial charge in [0.05, 0.1) is 41.4 Å². The van der Waals surface area contributed by atoms with E-state index in [1.165, 1.54) is 28.8 Å². The molecule has 0 atom stereocenters. The number of anilines is 1. The molecule has 0 saturated carbocycles. The largest absolute Gasteiger partial charge is 0.494 e. The number of hydrogen-bond acceptors (Lipinski definition) is 6. The number of aromatic nitrogens is 3. The first-order valence-electron chi connectivity index (χ1n) is 13.6. The fourth-order valence-electron chi connectivity index (χ4n) is 4.04. The number of alkyl halides is 6. The number of ether oxygens (including phenoxy) is 1. The highest BCUT2D eigenvalue weighted by Crippen LogP contribution is 2.35. The van der Waals surface area contributed by atoms with E-state index in [9.17, 15) is 35.9 Å². The van der Waals surface area contributed by atoms with Gasteiger partial charge >= 0.3 is 12.4 Å². The van der Waals surface area contributed by atoms with Crippen molar-refractivity contribution in [1.82, 2.24) is 20.1 Å². The van der Waals surface area contributed by atoms with E-state index in [2.05, 4.69) is 20.8 Å². The van der Waals surface area contributed by atoms with Crippen molar-refractivity contribution in [3.63, 3.8) is 0 Å². The molecule has 0 saturated heterocycles. The number of halogens is 6. The first-order valence-corrected chi connectivity index (χ1v) is 14.6. The number of carbonyl (C=O) groups is 2. The van der Waals surface area contributed by atoms with E-state index >= 15 is 0 Å². The van der Waals surface area contributed by atoms with Crippen LogP contribution in [0, 0.1) is 0 Å². The molecule has 2 amide bonds. The SMILES string of the molecule is CCCCOc1ccc(C(=O)NCc2nnc(SCC(=O)Nc3ccccc3C(F)(F)F)n2-c2cccc(C(F)(F)F)c2)cc1. The molecular formula is C30H27F6N5O3S. The van der Waals surface area contributed by atoms with Gasteiger partial charge < -0.3 is 15.4 Å². The van der Waals surface area contributed by atoms with E-state index < -0.39 is 46.7 Å². The molecule has 0 aliphatic carbocycles. The van der Waals surface area contributed by atoms with Crippen molar-refractivity contribution in [3.05, 3.63) is 95.3 Å². The number of hydrogen-bond donors (Lipinski definition) is 2. The Hall–Kier alpha value is -4.53. The molecule has 0 fully saturated rings. The first-order chi connectivity index (χ1) is 21.4. The van der Waals surface area contributed by atoms with Gasteiger partial charge in [0, 0.05) is 5.56 Å². The predicted molar refractivity (Wildman–Crippen MR) is 155 cm³/mol. The smallest absolute Gasteiger partial charge is 0.418 e. The number of carbonyl (C=O) groups excluding carboxylic acids is 2. The predicted octanol–water partition coefficient (Wildman–Crippen LogP) is 7.14. The lowest BCUT2D eigenvalue weighted by Gasteiger charge is -2.14. The number of rotatable bonds is 12. The second-order valence-corrected chi connectivity index (χ2v) is 10.5. The summed E-state index contributed by atoms with van der Waals surface area (Å²) in [6, 6.07) is 15.1. The average molecular weight is 652 g/mol. The van der Waals surface area contributed by atoms with Crippen molar-refractivity contribution < 1.29 is 40.7 Å². The molecule has 4 aromatic rings. The summed E-state index contributed by atoms with van der Waals surface area (Å²) in [4.78, 5) is 25.4. The van der Waals surface area contributed by atoms with Crippen LogP contribution in [0.3, 0.4) is 0 Å². The molecule has 0 aliphatic rings. The molecule has 15 heteroatoms. The van der Waals surface area contributed by atoms with E-state index in [1.807, 2.05) is 6.92 Å². The zero-order chi connectivity index (χ0) is 32.6. The Morgan fingerprint density at radius 2 is 1.64 bits per heavy atom. The van der Waals surface area contributed by atoms with Crippen molar-refractivity contribution in [2.24, 2.45) is 0 Å². The molecule has 1 aromatic heterocycles. The van der Waals surface area contributed by atoms with Crippen LogP contribution in [0.2, 0.25) is 0 Å². The molecule has 1 heterocycles. The zero-order valence-electron chi connectivity index (χ0n) is 23.7. The summed E-state index contributed by atoms with van der Waals surface area (Å²) in [5.41, 5.74) is -2.14. The second-order valence-electron chi connectivity index (χ2n) is 9.57. The maximum atomic E-state index is 13.5. The first kappa shape index (κ1) is 33.4. The van der Waals surface area contributed by atoms with Gasteiger partial charge in [0.25, 0.3) is 5.91 Å². The third-order valence-corrected chi connectivity index (χ3v) is 7.19. The zero-order valence-corrected chi connectivity index (χ0v) is 24.5. The van der Waals surface area contributed by atoms with Gasteiger partial charge in [-0.15, -0.1) is 10.2 Å². The lowest BCUT2D eigenvalue weighted by Crippen LogP contribution is -2.24. The van der Waals surface area contributed by atoms with Crippen LogP contribution in [0.15, 0.2) is 78.0 Å². The average Bonchev–Trinajstić information content (AvgIpc) is 3.41. The fourth-order valence-corrected chi connectivity index (χ4v) is 4.81. The van der Waals surface area contributed by atoms with Crippen LogP contribution in [-0.2, 0) is 23.7 Å². The Bertz CT molecular complexity index is 1620. The summed E-state index contributed by atoms with van der Waals surface area (Å²) >= 11 is 0.745.